The second-order valence-corrected chi connectivity index (χ2v) is 8.96. The number of likely N-dealkylation sites (tertiary alicyclic amines) is 1. The minimum atomic E-state index is -1.28. The average Bonchev–Trinajstić information content (AvgIpc) is 3.17. The summed E-state index contributed by atoms with van der Waals surface area (Å²) in [7, 11) is 1.37. The molecule has 0 spiro atoms. The predicted octanol–water partition coefficient (Wildman–Crippen LogP) is 3.40. The molecule has 1 saturated heterocycles. The largest absolute Gasteiger partial charge is 0.480 e. The second kappa shape index (κ2) is 9.85. The van der Waals surface area contributed by atoms with Gasteiger partial charge in [0.15, 0.2) is 6.10 Å². The van der Waals surface area contributed by atoms with Crippen LogP contribution in [0.2, 0.25) is 0 Å². The Bertz CT molecular complexity index is 1040. The van der Waals surface area contributed by atoms with Gasteiger partial charge in [-0.25, -0.2) is 9.59 Å². The van der Waals surface area contributed by atoms with Gasteiger partial charge in [0, 0.05) is 19.6 Å². The highest BCUT2D eigenvalue weighted by atomic mass is 16.5. The molecule has 2 N–H and O–H groups in total. The number of fused-ring (bicyclic) bond motifs is 3. The number of nitrogens with one attached hydrogen (secondary N) is 1. The smallest absolute Gasteiger partial charge is 0.407 e. The molecule has 0 aromatic heterocycles. The summed E-state index contributed by atoms with van der Waals surface area (Å²) in [6, 6.07) is 16.1. The molecule has 1 fully saturated rings. The molecule has 0 bridgehead atoms. The van der Waals surface area contributed by atoms with Gasteiger partial charge in [-0.05, 0) is 48.4 Å². The van der Waals surface area contributed by atoms with Crippen molar-refractivity contribution in [3.63, 3.8) is 0 Å². The fourth-order valence-electron chi connectivity index (χ4n) is 4.97. The molecule has 2 aromatic rings. The lowest BCUT2D eigenvalue weighted by Gasteiger charge is -2.42. The predicted molar refractivity (Wildman–Crippen MR) is 125 cm³/mol. The maximum absolute atomic E-state index is 13.0. The van der Waals surface area contributed by atoms with Gasteiger partial charge < -0.3 is 24.8 Å². The number of amides is 2. The average molecular weight is 467 g/mol. The van der Waals surface area contributed by atoms with Crippen molar-refractivity contribution in [1.82, 2.24) is 10.2 Å². The van der Waals surface area contributed by atoms with Gasteiger partial charge in [-0.1, -0.05) is 48.5 Å². The van der Waals surface area contributed by atoms with Gasteiger partial charge in [-0.15, -0.1) is 0 Å². The van der Waals surface area contributed by atoms with Gasteiger partial charge in [0.1, 0.15) is 12.1 Å². The van der Waals surface area contributed by atoms with Gasteiger partial charge in [0.05, 0.1) is 6.54 Å². The number of methoxy groups -OCH3 is 1. The third-order valence-corrected chi connectivity index (χ3v) is 6.95. The van der Waals surface area contributed by atoms with Crippen LogP contribution in [0.3, 0.4) is 0 Å². The summed E-state index contributed by atoms with van der Waals surface area (Å²) in [4.78, 5) is 38.7. The van der Waals surface area contributed by atoms with Crippen molar-refractivity contribution in [3.8, 4) is 11.1 Å². The molecule has 2 atom stereocenters. The number of aliphatic carboxylic acids is 1. The molecule has 2 amide bonds. The Morgan fingerprint density at radius 3 is 2.29 bits per heavy atom. The van der Waals surface area contributed by atoms with Gasteiger partial charge >= 0.3 is 12.1 Å². The first-order valence-corrected chi connectivity index (χ1v) is 11.5. The van der Waals surface area contributed by atoms with Crippen LogP contribution in [-0.4, -0.2) is 66.4 Å². The number of ether oxygens (including phenoxy) is 2. The van der Waals surface area contributed by atoms with Crippen LogP contribution < -0.4 is 5.32 Å². The van der Waals surface area contributed by atoms with Gasteiger partial charge in [0.2, 0.25) is 0 Å². The molecule has 2 aliphatic rings. The van der Waals surface area contributed by atoms with Crippen LogP contribution in [0.1, 0.15) is 43.2 Å². The lowest BCUT2D eigenvalue weighted by molar-refractivity contribution is -0.165. The molecule has 0 saturated carbocycles. The second-order valence-electron chi connectivity index (χ2n) is 8.96. The maximum Gasteiger partial charge on any atom is 0.407 e. The van der Waals surface area contributed by atoms with Gasteiger partial charge in [0.25, 0.3) is 5.91 Å². The molecule has 4 rings (SSSR count). The van der Waals surface area contributed by atoms with Crippen molar-refractivity contribution in [2.24, 2.45) is 0 Å². The zero-order chi connectivity index (χ0) is 24.3. The SMILES string of the molecule is COC(CNC(=O)OCC1c2ccccc2-c2ccccc21)C(=O)N1CCCCC1(C)C(=O)O. The van der Waals surface area contributed by atoms with E-state index in [0.717, 1.165) is 35.1 Å². The van der Waals surface area contributed by atoms with Crippen LogP contribution in [0.5, 0.6) is 0 Å². The van der Waals surface area contributed by atoms with Gasteiger partial charge in [-0.3, -0.25) is 4.79 Å². The van der Waals surface area contributed by atoms with Crippen molar-refractivity contribution in [2.75, 3.05) is 26.8 Å². The molecule has 2 unspecified atom stereocenters. The summed E-state index contributed by atoms with van der Waals surface area (Å²) in [5.41, 5.74) is 3.22. The number of rotatable bonds is 7. The highest BCUT2D eigenvalue weighted by Gasteiger charge is 2.45. The molecule has 2 aromatic carbocycles. The number of benzene rings is 2. The fourth-order valence-corrected chi connectivity index (χ4v) is 4.97. The molecule has 34 heavy (non-hydrogen) atoms. The summed E-state index contributed by atoms with van der Waals surface area (Å²) in [5.74, 6) is -1.56. The van der Waals surface area contributed by atoms with E-state index in [0.29, 0.717) is 13.0 Å². The minimum Gasteiger partial charge on any atom is -0.480 e. The summed E-state index contributed by atoms with van der Waals surface area (Å²) in [5, 5.41) is 12.3. The number of carbonyl (C=O) groups is 3. The summed E-state index contributed by atoms with van der Waals surface area (Å²) >= 11 is 0. The van der Waals surface area contributed by atoms with E-state index in [1.807, 2.05) is 36.4 Å². The maximum atomic E-state index is 13.0. The number of carbonyl (C=O) groups excluding carboxylic acids is 2. The first-order chi connectivity index (χ1) is 16.4. The normalized spacial score (nSPS) is 20.2. The van der Waals surface area contributed by atoms with Crippen LogP contribution >= 0.6 is 0 Å². The monoisotopic (exact) mass is 466 g/mol. The molecule has 1 heterocycles. The highest BCUT2D eigenvalue weighted by Crippen LogP contribution is 2.44. The van der Waals surface area contributed by atoms with E-state index < -0.39 is 29.6 Å². The number of piperidine rings is 1. The van der Waals surface area contributed by atoms with Crippen molar-refractivity contribution in [3.05, 3.63) is 59.7 Å². The van der Waals surface area contributed by atoms with E-state index in [1.165, 1.54) is 12.0 Å². The van der Waals surface area contributed by atoms with Crippen molar-refractivity contribution >= 4 is 18.0 Å². The van der Waals surface area contributed by atoms with Crippen LogP contribution in [-0.2, 0) is 19.1 Å². The first-order valence-electron chi connectivity index (χ1n) is 11.5. The number of carboxylic acid groups (broad SMARTS) is 1. The lowest BCUT2D eigenvalue weighted by atomic mass is 9.88. The fraction of sp³-hybridized carbons (Fsp3) is 0.423. The Balaban J connectivity index is 1.36. The molecule has 1 aliphatic heterocycles. The summed E-state index contributed by atoms with van der Waals surface area (Å²) < 4.78 is 10.8. The van der Waals surface area contributed by atoms with E-state index in [-0.39, 0.29) is 19.1 Å². The third-order valence-electron chi connectivity index (χ3n) is 6.95. The Kier molecular flexibility index (Phi) is 6.88. The standard InChI is InChI=1S/C26H30N2O6/c1-26(24(30)31)13-7-8-14-28(26)23(29)22(33-2)15-27-25(32)34-16-21-19-11-5-3-9-17(19)18-10-4-6-12-20(18)21/h3-6,9-12,21-22H,7-8,13-16H2,1-2H3,(H,27,32)(H,30,31). The van der Waals surface area contributed by atoms with Crippen molar-refractivity contribution < 1.29 is 29.0 Å². The molecular formula is C26H30N2O6. The molecule has 180 valence electrons. The van der Waals surface area contributed by atoms with Crippen molar-refractivity contribution in [2.45, 2.75) is 43.7 Å². The Morgan fingerprint density at radius 1 is 1.09 bits per heavy atom. The molecule has 0 radical (unpaired) electrons. The number of nitrogens with zero attached hydrogens (tertiary/aromatic N) is 1. The zero-order valence-corrected chi connectivity index (χ0v) is 19.5. The van der Waals surface area contributed by atoms with E-state index in [4.69, 9.17) is 9.47 Å². The summed E-state index contributed by atoms with van der Waals surface area (Å²) in [6.45, 7) is 1.94. The minimum absolute atomic E-state index is 0.0670. The van der Waals surface area contributed by atoms with E-state index in [2.05, 4.69) is 17.4 Å². The number of carboxylic acids is 1. The number of alkyl carbamates (subject to hydrolysis) is 1. The van der Waals surface area contributed by atoms with Crippen molar-refractivity contribution in [1.29, 1.82) is 0 Å². The van der Waals surface area contributed by atoms with Gasteiger partial charge in [-0.2, -0.15) is 0 Å². The zero-order valence-electron chi connectivity index (χ0n) is 19.5. The molecule has 8 nitrogen and oxygen atoms in total. The quantitative estimate of drug-likeness (QED) is 0.648. The Morgan fingerprint density at radius 2 is 1.71 bits per heavy atom. The van der Waals surface area contributed by atoms with Crippen LogP contribution in [0.25, 0.3) is 11.1 Å². The van der Waals surface area contributed by atoms with E-state index >= 15 is 0 Å². The number of hydrogen-bond acceptors (Lipinski definition) is 5. The molecular weight excluding hydrogens is 436 g/mol. The lowest BCUT2D eigenvalue weighted by Crippen LogP contribution is -2.61. The highest BCUT2D eigenvalue weighted by molar-refractivity contribution is 5.89. The van der Waals surface area contributed by atoms with E-state index in [9.17, 15) is 19.5 Å². The van der Waals surface area contributed by atoms with Crippen LogP contribution in [0.4, 0.5) is 4.79 Å². The summed E-state index contributed by atoms with van der Waals surface area (Å²) in [6.07, 6.45) is 0.186. The topological polar surface area (TPSA) is 105 Å². The van der Waals surface area contributed by atoms with Crippen LogP contribution in [0.15, 0.2) is 48.5 Å². The third kappa shape index (κ3) is 4.37. The Hall–Kier alpha value is -3.39. The van der Waals surface area contributed by atoms with E-state index in [1.54, 1.807) is 6.92 Å². The first kappa shape index (κ1) is 23.8. The molecule has 8 heteroatoms. The number of hydrogen-bond donors (Lipinski definition) is 2. The molecule has 1 aliphatic carbocycles. The van der Waals surface area contributed by atoms with Crippen LogP contribution in [0, 0.1) is 0 Å². The Labute approximate surface area is 198 Å².